The van der Waals surface area contributed by atoms with Crippen LogP contribution in [-0.2, 0) is 16.6 Å². The van der Waals surface area contributed by atoms with E-state index in [0.717, 1.165) is 21.8 Å². The minimum absolute atomic E-state index is 0.204. The highest BCUT2D eigenvalue weighted by Gasteiger charge is 2.10. The van der Waals surface area contributed by atoms with Crippen molar-refractivity contribution in [2.24, 2.45) is 12.1 Å². The molecule has 7 nitrogen and oxygen atoms in total. The minimum Gasteiger partial charge on any atom is -0.465 e. The van der Waals surface area contributed by atoms with Gasteiger partial charge < -0.3 is 9.30 Å². The summed E-state index contributed by atoms with van der Waals surface area (Å²) in [5.41, 5.74) is 5.62. The highest BCUT2D eigenvalue weighted by molar-refractivity contribution is 7.99. The summed E-state index contributed by atoms with van der Waals surface area (Å²) in [4.78, 5) is 27.9. The number of fused-ring (bicyclic) bond motifs is 1. The van der Waals surface area contributed by atoms with Crippen LogP contribution in [-0.4, -0.2) is 40.5 Å². The molecule has 8 heteroatoms. The van der Waals surface area contributed by atoms with Crippen molar-refractivity contribution in [1.82, 2.24) is 15.0 Å². The fourth-order valence-electron chi connectivity index (χ4n) is 2.42. The van der Waals surface area contributed by atoms with E-state index >= 15 is 0 Å². The lowest BCUT2D eigenvalue weighted by Crippen LogP contribution is -2.19. The van der Waals surface area contributed by atoms with Gasteiger partial charge in [-0.2, -0.15) is 5.10 Å². The summed E-state index contributed by atoms with van der Waals surface area (Å²) in [5.74, 6) is -0.421. The minimum atomic E-state index is -0.397. The molecule has 0 radical (unpaired) electrons. The Morgan fingerprint density at radius 2 is 1.96 bits per heavy atom. The van der Waals surface area contributed by atoms with Gasteiger partial charge in [-0.15, -0.1) is 0 Å². The van der Waals surface area contributed by atoms with Crippen molar-refractivity contribution in [3.8, 4) is 0 Å². The summed E-state index contributed by atoms with van der Waals surface area (Å²) >= 11 is 1.35. The first kappa shape index (κ1) is 18.7. The lowest BCUT2D eigenvalue weighted by Gasteiger charge is -2.02. The Hall–Kier alpha value is -3.13. The van der Waals surface area contributed by atoms with Gasteiger partial charge in [0.05, 0.1) is 35.7 Å². The van der Waals surface area contributed by atoms with Gasteiger partial charge >= 0.3 is 5.97 Å². The molecule has 0 aliphatic carbocycles. The van der Waals surface area contributed by atoms with E-state index in [-0.39, 0.29) is 11.7 Å². The Morgan fingerprint density at radius 1 is 1.22 bits per heavy atom. The standard InChI is InChI=1S/C19H18N4O3S/c1-23-16-6-4-3-5-15(16)21-19(23)27-12-17(24)22-20-11-13-7-9-14(10-8-13)18(25)26-2/h3-11H,12H2,1-2H3,(H,22,24). The van der Waals surface area contributed by atoms with Gasteiger partial charge in [-0.1, -0.05) is 36.0 Å². The first-order valence-corrected chi connectivity index (χ1v) is 9.11. The lowest BCUT2D eigenvalue weighted by molar-refractivity contribution is -0.118. The predicted octanol–water partition coefficient (Wildman–Crippen LogP) is 2.60. The monoisotopic (exact) mass is 382 g/mol. The number of thioether (sulfide) groups is 1. The first-order chi connectivity index (χ1) is 13.1. The number of methoxy groups -OCH3 is 1. The third kappa shape index (κ3) is 4.53. The summed E-state index contributed by atoms with van der Waals surface area (Å²) < 4.78 is 6.60. The number of para-hydroxylation sites is 2. The van der Waals surface area contributed by atoms with Crippen LogP contribution >= 0.6 is 11.8 Å². The van der Waals surface area contributed by atoms with Crippen LogP contribution in [0.15, 0.2) is 58.8 Å². The molecule has 3 rings (SSSR count). The van der Waals surface area contributed by atoms with E-state index in [2.05, 4.69) is 20.2 Å². The largest absolute Gasteiger partial charge is 0.465 e. The molecule has 0 saturated heterocycles. The van der Waals surface area contributed by atoms with E-state index in [4.69, 9.17) is 0 Å². The molecular formula is C19H18N4O3S. The van der Waals surface area contributed by atoms with E-state index in [9.17, 15) is 9.59 Å². The number of benzene rings is 2. The molecule has 0 atom stereocenters. The van der Waals surface area contributed by atoms with Crippen LogP contribution in [0.3, 0.4) is 0 Å². The number of rotatable bonds is 6. The maximum atomic E-state index is 12.0. The fraction of sp³-hybridized carbons (Fsp3) is 0.158. The zero-order chi connectivity index (χ0) is 19.2. The molecule has 0 aliphatic rings. The number of ether oxygens (including phenoxy) is 1. The number of nitrogens with zero attached hydrogens (tertiary/aromatic N) is 3. The molecule has 1 N–H and O–H groups in total. The highest BCUT2D eigenvalue weighted by atomic mass is 32.2. The molecule has 2 aromatic carbocycles. The van der Waals surface area contributed by atoms with E-state index in [0.29, 0.717) is 5.56 Å². The number of hydrazone groups is 1. The van der Waals surface area contributed by atoms with Gasteiger partial charge in [0, 0.05) is 7.05 Å². The van der Waals surface area contributed by atoms with E-state index in [1.165, 1.54) is 25.1 Å². The Morgan fingerprint density at radius 3 is 2.67 bits per heavy atom. The van der Waals surface area contributed by atoms with Crippen LogP contribution in [0, 0.1) is 0 Å². The number of hydrogen-bond donors (Lipinski definition) is 1. The third-order valence-electron chi connectivity index (χ3n) is 3.81. The second-order valence-electron chi connectivity index (χ2n) is 5.64. The van der Waals surface area contributed by atoms with Crippen LogP contribution in [0.4, 0.5) is 0 Å². The second-order valence-corrected chi connectivity index (χ2v) is 6.58. The maximum absolute atomic E-state index is 12.0. The molecule has 0 aliphatic heterocycles. The van der Waals surface area contributed by atoms with E-state index < -0.39 is 5.97 Å². The van der Waals surface area contributed by atoms with Gasteiger partial charge in [-0.05, 0) is 29.8 Å². The lowest BCUT2D eigenvalue weighted by atomic mass is 10.1. The molecule has 0 fully saturated rings. The van der Waals surface area contributed by atoms with Crippen LogP contribution < -0.4 is 5.43 Å². The number of carbonyl (C=O) groups is 2. The zero-order valence-corrected chi connectivity index (χ0v) is 15.7. The molecule has 1 heterocycles. The van der Waals surface area contributed by atoms with Gasteiger partial charge in [-0.25, -0.2) is 15.2 Å². The molecule has 138 valence electrons. The van der Waals surface area contributed by atoms with Crippen molar-refractivity contribution >= 4 is 40.9 Å². The predicted molar refractivity (Wildman–Crippen MR) is 105 cm³/mol. The third-order valence-corrected chi connectivity index (χ3v) is 4.84. The number of nitrogens with one attached hydrogen (secondary N) is 1. The number of hydrogen-bond acceptors (Lipinski definition) is 6. The second kappa shape index (κ2) is 8.50. The summed E-state index contributed by atoms with van der Waals surface area (Å²) in [5, 5.41) is 4.70. The summed E-state index contributed by atoms with van der Waals surface area (Å²) in [6.45, 7) is 0. The van der Waals surface area contributed by atoms with Crippen molar-refractivity contribution in [2.45, 2.75) is 5.16 Å². The molecule has 3 aromatic rings. The molecule has 27 heavy (non-hydrogen) atoms. The quantitative estimate of drug-likeness (QED) is 0.307. The van der Waals surface area contributed by atoms with Gasteiger partial charge in [0.2, 0.25) is 0 Å². The van der Waals surface area contributed by atoms with E-state index in [1.54, 1.807) is 24.3 Å². The van der Waals surface area contributed by atoms with Crippen LogP contribution in [0.1, 0.15) is 15.9 Å². The van der Waals surface area contributed by atoms with Crippen molar-refractivity contribution in [1.29, 1.82) is 0 Å². The molecule has 0 saturated carbocycles. The number of amides is 1. The number of aromatic nitrogens is 2. The summed E-state index contributed by atoms with van der Waals surface area (Å²) in [7, 11) is 3.25. The van der Waals surface area contributed by atoms with Crippen molar-refractivity contribution < 1.29 is 14.3 Å². The van der Waals surface area contributed by atoms with Crippen molar-refractivity contribution in [3.05, 3.63) is 59.7 Å². The summed E-state index contributed by atoms with van der Waals surface area (Å²) in [6, 6.07) is 14.5. The van der Waals surface area contributed by atoms with Gasteiger partial charge in [0.1, 0.15) is 0 Å². The maximum Gasteiger partial charge on any atom is 0.337 e. The topological polar surface area (TPSA) is 85.6 Å². The Bertz CT molecular complexity index is 996. The van der Waals surface area contributed by atoms with Gasteiger partial charge in [0.25, 0.3) is 5.91 Å². The average Bonchev–Trinajstić information content (AvgIpc) is 3.02. The average molecular weight is 382 g/mol. The number of aryl methyl sites for hydroxylation is 1. The number of esters is 1. The smallest absolute Gasteiger partial charge is 0.337 e. The molecular weight excluding hydrogens is 364 g/mol. The van der Waals surface area contributed by atoms with Crippen LogP contribution in [0.25, 0.3) is 11.0 Å². The molecule has 1 aromatic heterocycles. The first-order valence-electron chi connectivity index (χ1n) is 8.13. The molecule has 0 bridgehead atoms. The van der Waals surface area contributed by atoms with Crippen molar-refractivity contribution in [3.63, 3.8) is 0 Å². The van der Waals surface area contributed by atoms with Gasteiger partial charge in [0.15, 0.2) is 5.16 Å². The van der Waals surface area contributed by atoms with Crippen LogP contribution in [0.2, 0.25) is 0 Å². The Kier molecular flexibility index (Phi) is 5.87. The Labute approximate surface area is 160 Å². The Balaban J connectivity index is 1.52. The SMILES string of the molecule is COC(=O)c1ccc(C=NNC(=O)CSc2nc3ccccc3n2C)cc1. The van der Waals surface area contributed by atoms with E-state index in [1.807, 2.05) is 35.9 Å². The fourth-order valence-corrected chi connectivity index (χ4v) is 3.20. The zero-order valence-electron chi connectivity index (χ0n) is 14.9. The van der Waals surface area contributed by atoms with Gasteiger partial charge in [-0.3, -0.25) is 4.79 Å². The molecule has 0 spiro atoms. The highest BCUT2D eigenvalue weighted by Crippen LogP contribution is 2.22. The van der Waals surface area contributed by atoms with Crippen molar-refractivity contribution in [2.75, 3.05) is 12.9 Å². The number of imidazole rings is 1. The molecule has 1 amide bonds. The number of carbonyl (C=O) groups excluding carboxylic acids is 2. The molecule has 0 unspecified atom stereocenters. The van der Waals surface area contributed by atoms with Crippen LogP contribution in [0.5, 0.6) is 0 Å². The summed E-state index contributed by atoms with van der Waals surface area (Å²) in [6.07, 6.45) is 1.51. The normalized spacial score (nSPS) is 11.0.